The number of nitrogens with zero attached hydrogens (tertiary/aromatic N) is 3. The second-order valence-electron chi connectivity index (χ2n) is 5.47. The number of fused-ring (bicyclic) bond motifs is 1. The first kappa shape index (κ1) is 15.1. The highest BCUT2D eigenvalue weighted by Crippen LogP contribution is 2.29. The lowest BCUT2D eigenvalue weighted by Gasteiger charge is -2.28. The van der Waals surface area contributed by atoms with Crippen LogP contribution in [0.5, 0.6) is 5.75 Å². The third-order valence-electron chi connectivity index (χ3n) is 3.98. The molecule has 0 spiro atoms. The van der Waals surface area contributed by atoms with Crippen LogP contribution in [-0.2, 0) is 23.1 Å². The van der Waals surface area contributed by atoms with E-state index in [1.54, 1.807) is 39.3 Å². The average Bonchev–Trinajstić information content (AvgIpc) is 2.93. The SMILES string of the molecule is COc1cc(C)c(S(=O)(=O)N2CCn3ccnc3C2)c(C)c1. The Morgan fingerprint density at radius 2 is 1.86 bits per heavy atom. The van der Waals surface area contributed by atoms with E-state index in [0.717, 1.165) is 5.82 Å². The second-order valence-corrected chi connectivity index (χ2v) is 7.34. The molecule has 0 fully saturated rings. The van der Waals surface area contributed by atoms with E-state index in [9.17, 15) is 8.42 Å². The summed E-state index contributed by atoms with van der Waals surface area (Å²) in [5, 5.41) is 0. The molecule has 0 radical (unpaired) electrons. The van der Waals surface area contributed by atoms with E-state index in [4.69, 9.17) is 4.74 Å². The van der Waals surface area contributed by atoms with Crippen LogP contribution in [0.15, 0.2) is 29.4 Å². The lowest BCUT2D eigenvalue weighted by Crippen LogP contribution is -2.38. The summed E-state index contributed by atoms with van der Waals surface area (Å²) >= 11 is 0. The molecule has 2 aromatic rings. The Kier molecular flexibility index (Phi) is 3.70. The van der Waals surface area contributed by atoms with E-state index < -0.39 is 10.0 Å². The molecule has 0 bridgehead atoms. The normalized spacial score (nSPS) is 15.6. The molecule has 0 aliphatic carbocycles. The number of aryl methyl sites for hydroxylation is 2. The van der Waals surface area contributed by atoms with Crippen molar-refractivity contribution in [1.82, 2.24) is 13.9 Å². The number of ether oxygens (including phenoxy) is 1. The van der Waals surface area contributed by atoms with Gasteiger partial charge in [-0.05, 0) is 37.1 Å². The van der Waals surface area contributed by atoms with Crippen molar-refractivity contribution >= 4 is 10.0 Å². The lowest BCUT2D eigenvalue weighted by atomic mass is 10.1. The summed E-state index contributed by atoms with van der Waals surface area (Å²) in [7, 11) is -1.97. The van der Waals surface area contributed by atoms with E-state index in [-0.39, 0.29) is 0 Å². The van der Waals surface area contributed by atoms with Gasteiger partial charge < -0.3 is 9.30 Å². The molecule has 7 heteroatoms. The van der Waals surface area contributed by atoms with Crippen molar-refractivity contribution in [3.63, 3.8) is 0 Å². The van der Waals surface area contributed by atoms with Gasteiger partial charge in [0.15, 0.2) is 0 Å². The van der Waals surface area contributed by atoms with Crippen molar-refractivity contribution in [3.05, 3.63) is 41.5 Å². The van der Waals surface area contributed by atoms with Crippen LogP contribution in [0.4, 0.5) is 0 Å². The summed E-state index contributed by atoms with van der Waals surface area (Å²) in [5.74, 6) is 1.45. The lowest BCUT2D eigenvalue weighted by molar-refractivity contribution is 0.335. The molecular weight excluding hydrogens is 302 g/mol. The molecule has 3 rings (SSSR count). The van der Waals surface area contributed by atoms with Gasteiger partial charge in [0.1, 0.15) is 11.6 Å². The zero-order valence-electron chi connectivity index (χ0n) is 12.9. The third kappa shape index (κ3) is 2.40. The molecule has 1 aliphatic rings. The highest BCUT2D eigenvalue weighted by Gasteiger charge is 2.31. The molecule has 0 unspecified atom stereocenters. The molecule has 0 saturated heterocycles. The summed E-state index contributed by atoms with van der Waals surface area (Å²) in [6.07, 6.45) is 3.58. The van der Waals surface area contributed by atoms with E-state index >= 15 is 0 Å². The van der Waals surface area contributed by atoms with Gasteiger partial charge in [0.05, 0.1) is 18.6 Å². The van der Waals surface area contributed by atoms with Gasteiger partial charge in [0.2, 0.25) is 10.0 Å². The monoisotopic (exact) mass is 321 g/mol. The molecule has 1 aliphatic heterocycles. The van der Waals surface area contributed by atoms with Crippen LogP contribution in [0, 0.1) is 13.8 Å². The maximum absolute atomic E-state index is 13.0. The van der Waals surface area contributed by atoms with E-state index in [1.165, 1.54) is 4.31 Å². The number of aromatic nitrogens is 2. The molecule has 1 aromatic heterocycles. The van der Waals surface area contributed by atoms with Crippen molar-refractivity contribution in [2.45, 2.75) is 31.8 Å². The van der Waals surface area contributed by atoms with E-state index in [1.807, 2.05) is 10.8 Å². The number of hydrogen-bond acceptors (Lipinski definition) is 4. The van der Waals surface area contributed by atoms with Gasteiger partial charge in [-0.15, -0.1) is 0 Å². The number of sulfonamides is 1. The number of benzene rings is 1. The predicted octanol–water partition coefficient (Wildman–Crippen LogP) is 1.71. The van der Waals surface area contributed by atoms with Crippen molar-refractivity contribution in [3.8, 4) is 5.75 Å². The van der Waals surface area contributed by atoms with Gasteiger partial charge in [-0.2, -0.15) is 4.31 Å². The Morgan fingerprint density at radius 3 is 2.50 bits per heavy atom. The van der Waals surface area contributed by atoms with Crippen LogP contribution in [0.1, 0.15) is 17.0 Å². The summed E-state index contributed by atoms with van der Waals surface area (Å²) < 4.78 is 34.7. The number of imidazole rings is 1. The van der Waals surface area contributed by atoms with Gasteiger partial charge in [0, 0.05) is 25.5 Å². The fourth-order valence-corrected chi connectivity index (χ4v) is 4.72. The quantitative estimate of drug-likeness (QED) is 0.863. The number of rotatable bonds is 3. The van der Waals surface area contributed by atoms with Gasteiger partial charge >= 0.3 is 0 Å². The van der Waals surface area contributed by atoms with Crippen LogP contribution >= 0.6 is 0 Å². The fraction of sp³-hybridized carbons (Fsp3) is 0.400. The first-order chi connectivity index (χ1) is 10.4. The highest BCUT2D eigenvalue weighted by molar-refractivity contribution is 7.89. The van der Waals surface area contributed by atoms with Crippen LogP contribution in [0.3, 0.4) is 0 Å². The van der Waals surface area contributed by atoms with Gasteiger partial charge in [-0.1, -0.05) is 0 Å². The first-order valence-corrected chi connectivity index (χ1v) is 8.53. The average molecular weight is 321 g/mol. The third-order valence-corrected chi connectivity index (χ3v) is 6.13. The van der Waals surface area contributed by atoms with E-state index in [2.05, 4.69) is 4.98 Å². The second kappa shape index (κ2) is 5.40. The zero-order valence-corrected chi connectivity index (χ0v) is 13.7. The van der Waals surface area contributed by atoms with Crippen LogP contribution in [0.2, 0.25) is 0 Å². The molecular formula is C15H19N3O3S. The van der Waals surface area contributed by atoms with Crippen LogP contribution in [0.25, 0.3) is 0 Å². The molecule has 0 atom stereocenters. The topological polar surface area (TPSA) is 64.4 Å². The molecule has 1 aromatic carbocycles. The van der Waals surface area contributed by atoms with E-state index in [0.29, 0.717) is 41.4 Å². The zero-order chi connectivity index (χ0) is 15.9. The Morgan fingerprint density at radius 1 is 1.18 bits per heavy atom. The summed E-state index contributed by atoms with van der Waals surface area (Å²) in [6, 6.07) is 3.51. The molecule has 0 N–H and O–H groups in total. The van der Waals surface area contributed by atoms with Crippen molar-refractivity contribution in [2.24, 2.45) is 0 Å². The maximum atomic E-state index is 13.0. The molecule has 22 heavy (non-hydrogen) atoms. The Labute approximate surface area is 130 Å². The summed E-state index contributed by atoms with van der Waals surface area (Å²) in [5.41, 5.74) is 1.40. The Hall–Kier alpha value is -1.86. The maximum Gasteiger partial charge on any atom is 0.244 e. The number of methoxy groups -OCH3 is 1. The predicted molar refractivity (Wildman–Crippen MR) is 82.3 cm³/mol. The largest absolute Gasteiger partial charge is 0.497 e. The summed E-state index contributed by atoms with van der Waals surface area (Å²) in [4.78, 5) is 4.59. The van der Waals surface area contributed by atoms with Crippen molar-refractivity contribution < 1.29 is 13.2 Å². The minimum absolute atomic E-state index is 0.306. The Bertz CT molecular complexity index is 788. The molecule has 0 amide bonds. The van der Waals surface area contributed by atoms with Gasteiger partial charge in [0.25, 0.3) is 0 Å². The van der Waals surface area contributed by atoms with Gasteiger partial charge in [-0.25, -0.2) is 13.4 Å². The standard InChI is InChI=1S/C15H19N3O3S/c1-11-8-13(21-3)9-12(2)15(11)22(19,20)18-7-6-17-5-4-16-14(17)10-18/h4-5,8-9H,6-7,10H2,1-3H3. The smallest absolute Gasteiger partial charge is 0.244 e. The minimum Gasteiger partial charge on any atom is -0.497 e. The highest BCUT2D eigenvalue weighted by atomic mass is 32.2. The van der Waals surface area contributed by atoms with Crippen LogP contribution < -0.4 is 4.74 Å². The molecule has 2 heterocycles. The molecule has 6 nitrogen and oxygen atoms in total. The molecule has 118 valence electrons. The van der Waals surface area contributed by atoms with Crippen molar-refractivity contribution in [1.29, 1.82) is 0 Å². The Balaban J connectivity index is 2.01. The van der Waals surface area contributed by atoms with Crippen molar-refractivity contribution in [2.75, 3.05) is 13.7 Å². The van der Waals surface area contributed by atoms with Gasteiger partial charge in [-0.3, -0.25) is 0 Å². The molecule has 0 saturated carbocycles. The summed E-state index contributed by atoms with van der Waals surface area (Å²) in [6.45, 7) is 4.99. The minimum atomic E-state index is -3.54. The van der Waals surface area contributed by atoms with Crippen LogP contribution in [-0.4, -0.2) is 35.9 Å². The first-order valence-electron chi connectivity index (χ1n) is 7.09. The fourth-order valence-electron chi connectivity index (χ4n) is 2.92. The number of hydrogen-bond donors (Lipinski definition) is 0.